The molecule has 1 amide bonds. The maximum atomic E-state index is 13.3. The molecule has 1 aliphatic heterocycles. The average Bonchev–Trinajstić information content (AvgIpc) is 2.86. The smallest absolute Gasteiger partial charge is 0.270 e. The number of halogens is 3. The number of alkyl halides is 2. The highest BCUT2D eigenvalue weighted by atomic mass is 79.9. The molecule has 0 N–H and O–H groups in total. The number of carbonyl (C=O) groups excluding carboxylic acids is 1. The van der Waals surface area contributed by atoms with E-state index in [2.05, 4.69) is 15.9 Å². The standard InChI is InChI=1S/C16H17BrF2N2O/c1-2-21-13(10-11-4-3-5-12(17)14(11)21)15(22)20-8-6-16(18,19)7-9-20/h3-5,10H,2,6-9H2,1H3. The number of nitrogens with zero attached hydrogens (tertiary/aromatic N) is 2. The zero-order chi connectivity index (χ0) is 15.9. The van der Waals surface area contributed by atoms with Crippen LogP contribution in [0.1, 0.15) is 30.3 Å². The van der Waals surface area contributed by atoms with Gasteiger partial charge in [-0.3, -0.25) is 4.79 Å². The van der Waals surface area contributed by atoms with Gasteiger partial charge in [0.1, 0.15) is 5.69 Å². The largest absolute Gasteiger partial charge is 0.337 e. The van der Waals surface area contributed by atoms with E-state index >= 15 is 0 Å². The molecule has 1 saturated heterocycles. The van der Waals surface area contributed by atoms with Crippen molar-refractivity contribution in [2.75, 3.05) is 13.1 Å². The number of amides is 1. The van der Waals surface area contributed by atoms with Gasteiger partial charge in [-0.1, -0.05) is 12.1 Å². The maximum Gasteiger partial charge on any atom is 0.270 e. The second-order valence-corrected chi connectivity index (χ2v) is 6.45. The highest BCUT2D eigenvalue weighted by Gasteiger charge is 2.36. The lowest BCUT2D eigenvalue weighted by atomic mass is 10.1. The van der Waals surface area contributed by atoms with E-state index in [1.54, 1.807) is 0 Å². The van der Waals surface area contributed by atoms with Crippen LogP contribution in [-0.2, 0) is 6.54 Å². The fourth-order valence-electron chi connectivity index (χ4n) is 2.98. The average molecular weight is 371 g/mol. The molecule has 2 aromatic rings. The molecule has 0 saturated carbocycles. The van der Waals surface area contributed by atoms with Gasteiger partial charge in [-0.25, -0.2) is 8.78 Å². The van der Waals surface area contributed by atoms with Crippen molar-refractivity contribution in [1.29, 1.82) is 0 Å². The van der Waals surface area contributed by atoms with Gasteiger partial charge in [-0.2, -0.15) is 0 Å². The molecule has 118 valence electrons. The van der Waals surface area contributed by atoms with Crippen LogP contribution < -0.4 is 0 Å². The van der Waals surface area contributed by atoms with Gasteiger partial charge in [0.15, 0.2) is 0 Å². The van der Waals surface area contributed by atoms with Crippen LogP contribution in [-0.4, -0.2) is 34.4 Å². The predicted molar refractivity (Wildman–Crippen MR) is 85.4 cm³/mol. The first-order chi connectivity index (χ1) is 10.4. The number of aryl methyl sites for hydroxylation is 1. The fraction of sp³-hybridized carbons (Fsp3) is 0.438. The molecule has 1 aromatic carbocycles. The van der Waals surface area contributed by atoms with E-state index in [9.17, 15) is 13.6 Å². The number of fused-ring (bicyclic) bond motifs is 1. The molecule has 0 aliphatic carbocycles. The number of carbonyl (C=O) groups is 1. The number of rotatable bonds is 2. The Morgan fingerprint density at radius 3 is 2.64 bits per heavy atom. The van der Waals surface area contributed by atoms with Crippen LogP contribution in [0.5, 0.6) is 0 Å². The third-order valence-corrected chi connectivity index (χ3v) is 4.83. The van der Waals surface area contributed by atoms with Gasteiger partial charge in [0.25, 0.3) is 11.8 Å². The van der Waals surface area contributed by atoms with Crippen LogP contribution in [0.3, 0.4) is 0 Å². The minimum Gasteiger partial charge on any atom is -0.337 e. The van der Waals surface area contributed by atoms with Crippen LogP contribution in [0, 0.1) is 0 Å². The second-order valence-electron chi connectivity index (χ2n) is 5.60. The summed E-state index contributed by atoms with van der Waals surface area (Å²) in [6, 6.07) is 7.65. The van der Waals surface area contributed by atoms with Gasteiger partial charge in [0.05, 0.1) is 5.52 Å². The Morgan fingerprint density at radius 1 is 1.32 bits per heavy atom. The Balaban J connectivity index is 1.96. The number of para-hydroxylation sites is 1. The number of likely N-dealkylation sites (tertiary alicyclic amines) is 1. The molecule has 22 heavy (non-hydrogen) atoms. The van der Waals surface area contributed by atoms with Gasteiger partial charge in [-0.05, 0) is 35.0 Å². The predicted octanol–water partition coefficient (Wildman–Crippen LogP) is 4.30. The van der Waals surface area contributed by atoms with Crippen molar-refractivity contribution in [3.8, 4) is 0 Å². The molecule has 0 bridgehead atoms. The third kappa shape index (κ3) is 2.64. The summed E-state index contributed by atoms with van der Waals surface area (Å²) in [6.07, 6.45) is -0.510. The van der Waals surface area contributed by atoms with E-state index in [1.807, 2.05) is 35.8 Å². The Kier molecular flexibility index (Phi) is 3.97. The van der Waals surface area contributed by atoms with Crippen LogP contribution >= 0.6 is 15.9 Å². The summed E-state index contributed by atoms with van der Waals surface area (Å²) in [5.74, 6) is -2.81. The molecule has 2 heterocycles. The SMILES string of the molecule is CCn1c(C(=O)N2CCC(F)(F)CC2)cc2cccc(Br)c21. The summed E-state index contributed by atoms with van der Waals surface area (Å²) in [6.45, 7) is 2.84. The summed E-state index contributed by atoms with van der Waals surface area (Å²) in [7, 11) is 0. The quantitative estimate of drug-likeness (QED) is 0.773. The van der Waals surface area contributed by atoms with E-state index in [-0.39, 0.29) is 31.8 Å². The van der Waals surface area contributed by atoms with Gasteiger partial charge < -0.3 is 9.47 Å². The van der Waals surface area contributed by atoms with Crippen molar-refractivity contribution in [2.45, 2.75) is 32.2 Å². The fourth-order valence-corrected chi connectivity index (χ4v) is 3.58. The monoisotopic (exact) mass is 370 g/mol. The molecule has 1 aliphatic rings. The van der Waals surface area contributed by atoms with Crippen LogP contribution in [0.4, 0.5) is 8.78 Å². The zero-order valence-electron chi connectivity index (χ0n) is 12.3. The van der Waals surface area contributed by atoms with E-state index in [0.717, 1.165) is 15.4 Å². The van der Waals surface area contributed by atoms with Crippen molar-refractivity contribution in [3.05, 3.63) is 34.4 Å². The van der Waals surface area contributed by atoms with Gasteiger partial charge in [-0.15, -0.1) is 0 Å². The number of hydrogen-bond acceptors (Lipinski definition) is 1. The first-order valence-electron chi connectivity index (χ1n) is 7.38. The molecule has 3 rings (SSSR count). The minimum atomic E-state index is -2.64. The summed E-state index contributed by atoms with van der Waals surface area (Å²) < 4.78 is 29.4. The van der Waals surface area contributed by atoms with Gasteiger partial charge in [0, 0.05) is 42.3 Å². The van der Waals surface area contributed by atoms with Crippen molar-refractivity contribution in [3.63, 3.8) is 0 Å². The molecule has 3 nitrogen and oxygen atoms in total. The van der Waals surface area contributed by atoms with Crippen LogP contribution in [0.15, 0.2) is 28.7 Å². The second kappa shape index (κ2) is 5.65. The van der Waals surface area contributed by atoms with Crippen molar-refractivity contribution in [1.82, 2.24) is 9.47 Å². The molecule has 1 fully saturated rings. The molecule has 1 aromatic heterocycles. The van der Waals surface area contributed by atoms with Gasteiger partial charge >= 0.3 is 0 Å². The molecule has 0 atom stereocenters. The van der Waals surface area contributed by atoms with E-state index in [1.165, 1.54) is 4.90 Å². The molecular weight excluding hydrogens is 354 g/mol. The number of benzene rings is 1. The normalized spacial score (nSPS) is 17.9. The first-order valence-corrected chi connectivity index (χ1v) is 8.17. The summed E-state index contributed by atoms with van der Waals surface area (Å²) in [5, 5.41) is 0.974. The minimum absolute atomic E-state index is 0.109. The lowest BCUT2D eigenvalue weighted by Gasteiger charge is -2.31. The third-order valence-electron chi connectivity index (χ3n) is 4.19. The van der Waals surface area contributed by atoms with E-state index in [0.29, 0.717) is 12.2 Å². The summed E-state index contributed by atoms with van der Waals surface area (Å²) in [5.41, 5.74) is 1.53. The molecular formula is C16H17BrF2N2O. The van der Waals surface area contributed by atoms with Crippen molar-refractivity contribution in [2.24, 2.45) is 0 Å². The maximum absolute atomic E-state index is 13.3. The lowest BCUT2D eigenvalue weighted by molar-refractivity contribution is -0.0495. The summed E-state index contributed by atoms with van der Waals surface area (Å²) in [4.78, 5) is 14.2. The first kappa shape index (κ1) is 15.5. The lowest BCUT2D eigenvalue weighted by Crippen LogP contribution is -2.43. The van der Waals surface area contributed by atoms with Crippen molar-refractivity contribution >= 4 is 32.7 Å². The molecule has 6 heteroatoms. The highest BCUT2D eigenvalue weighted by Crippen LogP contribution is 2.31. The molecule has 0 radical (unpaired) electrons. The Bertz CT molecular complexity index is 716. The number of hydrogen-bond donors (Lipinski definition) is 0. The van der Waals surface area contributed by atoms with Gasteiger partial charge in [0.2, 0.25) is 0 Å². The van der Waals surface area contributed by atoms with Crippen LogP contribution in [0.2, 0.25) is 0 Å². The molecule has 0 spiro atoms. The van der Waals surface area contributed by atoms with Crippen molar-refractivity contribution < 1.29 is 13.6 Å². The Labute approximate surface area is 136 Å². The molecule has 0 unspecified atom stereocenters. The zero-order valence-corrected chi connectivity index (χ0v) is 13.9. The number of piperidine rings is 1. The van der Waals surface area contributed by atoms with E-state index in [4.69, 9.17) is 0 Å². The highest BCUT2D eigenvalue weighted by molar-refractivity contribution is 9.10. The topological polar surface area (TPSA) is 25.2 Å². The Morgan fingerprint density at radius 2 is 2.00 bits per heavy atom. The van der Waals surface area contributed by atoms with Crippen LogP contribution in [0.25, 0.3) is 10.9 Å². The number of aromatic nitrogens is 1. The Hall–Kier alpha value is -1.43. The van der Waals surface area contributed by atoms with E-state index < -0.39 is 5.92 Å². The summed E-state index contributed by atoms with van der Waals surface area (Å²) >= 11 is 3.52.